The maximum absolute atomic E-state index is 12.8. The van der Waals surface area contributed by atoms with Gasteiger partial charge in [0.15, 0.2) is 11.5 Å². The van der Waals surface area contributed by atoms with Crippen LogP contribution in [0.4, 0.5) is 0 Å². The molecule has 0 unspecified atom stereocenters. The van der Waals surface area contributed by atoms with Gasteiger partial charge in [-0.3, -0.25) is 19.2 Å². The number of fused-ring (bicyclic) bond motifs is 2. The first-order valence-electron chi connectivity index (χ1n) is 8.38. The number of rotatable bonds is 2. The molecular weight excluding hydrogens is 348 g/mol. The fraction of sp³-hybridized carbons (Fsp3) is 0.143. The van der Waals surface area contributed by atoms with E-state index < -0.39 is 52.9 Å². The number of carbonyl (C=O) groups excluding carboxylic acids is 4. The van der Waals surface area contributed by atoms with Crippen molar-refractivity contribution in [2.24, 2.45) is 11.8 Å². The average Bonchev–Trinajstić information content (AvgIpc) is 2.70. The zero-order valence-corrected chi connectivity index (χ0v) is 14.0. The van der Waals surface area contributed by atoms with Gasteiger partial charge in [0.1, 0.15) is 5.76 Å². The number of carbonyl (C=O) groups is 4. The van der Waals surface area contributed by atoms with Gasteiger partial charge < -0.3 is 10.2 Å². The Morgan fingerprint density at radius 3 is 1.96 bits per heavy atom. The molecule has 0 spiro atoms. The summed E-state index contributed by atoms with van der Waals surface area (Å²) in [5.41, 5.74) is -0.294. The maximum Gasteiger partial charge on any atom is 0.234 e. The lowest BCUT2D eigenvalue weighted by Gasteiger charge is -2.28. The number of hydrogen-bond acceptors (Lipinski definition) is 6. The molecule has 6 heteroatoms. The number of Topliss-reactive ketones (excluding diaryl/α,β-unsaturated/α-hetero) is 4. The summed E-state index contributed by atoms with van der Waals surface area (Å²) in [5.74, 6) is -5.56. The van der Waals surface area contributed by atoms with Gasteiger partial charge in [-0.2, -0.15) is 0 Å². The molecule has 27 heavy (non-hydrogen) atoms. The molecule has 0 aliphatic heterocycles. The second-order valence-electron chi connectivity index (χ2n) is 6.58. The van der Waals surface area contributed by atoms with Gasteiger partial charge in [0, 0.05) is 23.1 Å². The number of aliphatic hydroxyl groups excluding tert-OH is 2. The molecule has 1 aromatic rings. The van der Waals surface area contributed by atoms with Crippen LogP contribution in [0, 0.1) is 11.8 Å². The van der Waals surface area contributed by atoms with Crippen molar-refractivity contribution in [2.45, 2.75) is 6.42 Å². The molecule has 0 bridgehead atoms. The van der Waals surface area contributed by atoms with Crippen LogP contribution in [-0.4, -0.2) is 33.3 Å². The van der Waals surface area contributed by atoms with Crippen LogP contribution in [0.25, 0.3) is 5.76 Å². The standard InChI is InChI=1S/C21H14O6/c22-16-10-5-1-3-7-12(10)18(24)20(26)14(16)9-15-17(23)11-6-2-4-8-13(11)19(25)21(15)27/h1-8,10,12,23,26H,9H2/t10-,12+/m0/s1. The fourth-order valence-electron chi connectivity index (χ4n) is 3.66. The summed E-state index contributed by atoms with van der Waals surface area (Å²) in [6.45, 7) is 0. The largest absolute Gasteiger partial charge is 0.507 e. The van der Waals surface area contributed by atoms with Gasteiger partial charge in [-0.1, -0.05) is 48.6 Å². The first-order chi connectivity index (χ1) is 12.9. The lowest BCUT2D eigenvalue weighted by Crippen LogP contribution is -2.37. The summed E-state index contributed by atoms with van der Waals surface area (Å²) in [4.78, 5) is 50.0. The van der Waals surface area contributed by atoms with Crippen LogP contribution in [-0.2, 0) is 14.4 Å². The van der Waals surface area contributed by atoms with Crippen molar-refractivity contribution in [3.05, 3.63) is 76.6 Å². The quantitative estimate of drug-likeness (QED) is 0.782. The molecule has 2 N–H and O–H groups in total. The summed E-state index contributed by atoms with van der Waals surface area (Å²) < 4.78 is 0. The maximum atomic E-state index is 12.8. The zero-order valence-electron chi connectivity index (χ0n) is 14.0. The molecule has 134 valence electrons. The molecule has 0 fully saturated rings. The van der Waals surface area contributed by atoms with Gasteiger partial charge in [0.2, 0.25) is 17.3 Å². The second-order valence-corrected chi connectivity index (χ2v) is 6.58. The molecule has 0 amide bonds. The summed E-state index contributed by atoms with van der Waals surface area (Å²) >= 11 is 0. The molecule has 3 aliphatic carbocycles. The molecule has 1 aromatic carbocycles. The Hall–Kier alpha value is -3.54. The van der Waals surface area contributed by atoms with Crippen LogP contribution in [0.3, 0.4) is 0 Å². The van der Waals surface area contributed by atoms with Gasteiger partial charge in [-0.05, 0) is 0 Å². The van der Waals surface area contributed by atoms with Crippen LogP contribution < -0.4 is 0 Å². The summed E-state index contributed by atoms with van der Waals surface area (Å²) in [6, 6.07) is 6.09. The number of hydrogen-bond donors (Lipinski definition) is 2. The molecule has 0 saturated carbocycles. The SMILES string of the molecule is O=C1C(=O)c2ccccc2C(O)=C1CC1=C(O)C(=O)[C@@H]2C=CC=C[C@@H]2C1=O. The van der Waals surface area contributed by atoms with Gasteiger partial charge in [0.05, 0.1) is 17.4 Å². The van der Waals surface area contributed by atoms with Crippen molar-refractivity contribution < 1.29 is 29.4 Å². The number of ketones is 4. The third kappa shape index (κ3) is 2.41. The topological polar surface area (TPSA) is 109 Å². The minimum Gasteiger partial charge on any atom is -0.507 e. The van der Waals surface area contributed by atoms with Gasteiger partial charge >= 0.3 is 0 Å². The first-order valence-corrected chi connectivity index (χ1v) is 8.38. The van der Waals surface area contributed by atoms with Crippen LogP contribution in [0.2, 0.25) is 0 Å². The van der Waals surface area contributed by atoms with E-state index >= 15 is 0 Å². The number of allylic oxidation sites excluding steroid dienone is 7. The third-order valence-corrected chi connectivity index (χ3v) is 5.10. The highest BCUT2D eigenvalue weighted by atomic mass is 16.3. The van der Waals surface area contributed by atoms with E-state index in [4.69, 9.17) is 0 Å². The van der Waals surface area contributed by atoms with Crippen molar-refractivity contribution in [3.63, 3.8) is 0 Å². The van der Waals surface area contributed by atoms with E-state index in [1.54, 1.807) is 36.4 Å². The monoisotopic (exact) mass is 362 g/mol. The number of aliphatic hydroxyl groups is 2. The smallest absolute Gasteiger partial charge is 0.234 e. The van der Waals surface area contributed by atoms with E-state index in [1.807, 2.05) is 0 Å². The molecule has 6 nitrogen and oxygen atoms in total. The van der Waals surface area contributed by atoms with Crippen LogP contribution in [0.15, 0.2) is 65.5 Å². The highest BCUT2D eigenvalue weighted by molar-refractivity contribution is 6.52. The lowest BCUT2D eigenvalue weighted by atomic mass is 9.73. The van der Waals surface area contributed by atoms with Gasteiger partial charge in [-0.25, -0.2) is 0 Å². The Balaban J connectivity index is 1.80. The highest BCUT2D eigenvalue weighted by Gasteiger charge is 2.43. The van der Waals surface area contributed by atoms with Crippen molar-refractivity contribution in [1.82, 2.24) is 0 Å². The highest BCUT2D eigenvalue weighted by Crippen LogP contribution is 2.37. The average molecular weight is 362 g/mol. The van der Waals surface area contributed by atoms with Crippen LogP contribution in [0.1, 0.15) is 22.3 Å². The summed E-state index contributed by atoms with van der Waals surface area (Å²) in [6.07, 6.45) is 5.88. The van der Waals surface area contributed by atoms with E-state index in [-0.39, 0.29) is 22.3 Å². The van der Waals surface area contributed by atoms with Crippen molar-refractivity contribution in [1.29, 1.82) is 0 Å². The molecule has 0 heterocycles. The molecule has 4 rings (SSSR count). The molecule has 3 aliphatic rings. The Morgan fingerprint density at radius 1 is 0.704 bits per heavy atom. The predicted octanol–water partition coefficient (Wildman–Crippen LogP) is 2.43. The Kier molecular flexibility index (Phi) is 3.77. The fourth-order valence-corrected chi connectivity index (χ4v) is 3.66. The summed E-state index contributed by atoms with van der Waals surface area (Å²) in [7, 11) is 0. The van der Waals surface area contributed by atoms with Gasteiger partial charge in [0.25, 0.3) is 0 Å². The van der Waals surface area contributed by atoms with Crippen molar-refractivity contribution >= 4 is 28.9 Å². The van der Waals surface area contributed by atoms with E-state index in [9.17, 15) is 29.4 Å². The van der Waals surface area contributed by atoms with Gasteiger partial charge in [-0.15, -0.1) is 0 Å². The molecule has 2 atom stereocenters. The normalized spacial score (nSPS) is 24.4. The molecule has 0 radical (unpaired) electrons. The van der Waals surface area contributed by atoms with E-state index in [1.165, 1.54) is 12.1 Å². The number of benzene rings is 1. The second kappa shape index (κ2) is 6.02. The lowest BCUT2D eigenvalue weighted by molar-refractivity contribution is -0.129. The van der Waals surface area contributed by atoms with Crippen LogP contribution >= 0.6 is 0 Å². The van der Waals surface area contributed by atoms with Crippen LogP contribution in [0.5, 0.6) is 0 Å². The first kappa shape index (κ1) is 16.9. The Labute approximate surface area is 153 Å². The molecular formula is C21H14O6. The van der Waals surface area contributed by atoms with E-state index in [0.29, 0.717) is 0 Å². The third-order valence-electron chi connectivity index (χ3n) is 5.10. The van der Waals surface area contributed by atoms with Crippen molar-refractivity contribution in [2.75, 3.05) is 0 Å². The Morgan fingerprint density at radius 2 is 1.30 bits per heavy atom. The molecule has 0 aromatic heterocycles. The molecule has 0 saturated heterocycles. The Bertz CT molecular complexity index is 1050. The predicted molar refractivity (Wildman–Crippen MR) is 94.9 cm³/mol. The van der Waals surface area contributed by atoms with E-state index in [0.717, 1.165) is 0 Å². The zero-order chi connectivity index (χ0) is 19.3. The minimum absolute atomic E-state index is 0.0772. The summed E-state index contributed by atoms with van der Waals surface area (Å²) in [5, 5.41) is 20.8. The van der Waals surface area contributed by atoms with E-state index in [2.05, 4.69) is 0 Å². The minimum atomic E-state index is -0.951. The van der Waals surface area contributed by atoms with Crippen molar-refractivity contribution in [3.8, 4) is 0 Å².